The van der Waals surface area contributed by atoms with Gasteiger partial charge in [0.15, 0.2) is 0 Å². The van der Waals surface area contributed by atoms with Gasteiger partial charge in [-0.15, -0.1) is 0 Å². The molecule has 1 aromatic rings. The van der Waals surface area contributed by atoms with Crippen molar-refractivity contribution in [3.05, 3.63) is 29.8 Å². The number of hydrogen-bond donors (Lipinski definition) is 2. The first-order chi connectivity index (χ1) is 9.11. The molecule has 2 rings (SSSR count). The minimum absolute atomic E-state index is 0.0114. The summed E-state index contributed by atoms with van der Waals surface area (Å²) in [5.41, 5.74) is 1.16. The van der Waals surface area contributed by atoms with Gasteiger partial charge in [0.25, 0.3) is 0 Å². The highest BCUT2D eigenvalue weighted by atomic mass is 16.5. The van der Waals surface area contributed by atoms with Gasteiger partial charge in [0, 0.05) is 11.6 Å². The third-order valence-electron chi connectivity index (χ3n) is 3.51. The van der Waals surface area contributed by atoms with E-state index in [0.29, 0.717) is 17.2 Å². The van der Waals surface area contributed by atoms with E-state index in [4.69, 9.17) is 0 Å². The number of methoxy groups -OCH3 is 1. The van der Waals surface area contributed by atoms with Gasteiger partial charge in [0.2, 0.25) is 5.91 Å². The monoisotopic (exact) mass is 262 g/mol. The highest BCUT2D eigenvalue weighted by Crippen LogP contribution is 2.18. The second-order valence-electron chi connectivity index (χ2n) is 4.77. The molecule has 1 heterocycles. The summed E-state index contributed by atoms with van der Waals surface area (Å²) in [4.78, 5) is 23.3. The van der Waals surface area contributed by atoms with E-state index in [1.54, 1.807) is 24.3 Å². The molecule has 1 atom stereocenters. The summed E-state index contributed by atoms with van der Waals surface area (Å²) in [5, 5.41) is 6.01. The maximum atomic E-state index is 12.0. The molecule has 0 aliphatic carbocycles. The van der Waals surface area contributed by atoms with Crippen LogP contribution < -0.4 is 10.6 Å². The van der Waals surface area contributed by atoms with Crippen molar-refractivity contribution in [2.24, 2.45) is 11.8 Å². The molecule has 0 aromatic heterocycles. The van der Waals surface area contributed by atoms with E-state index in [1.165, 1.54) is 7.11 Å². The maximum absolute atomic E-state index is 12.0. The Hall–Kier alpha value is -1.88. The van der Waals surface area contributed by atoms with Crippen molar-refractivity contribution in [1.82, 2.24) is 5.32 Å². The van der Waals surface area contributed by atoms with E-state index in [-0.39, 0.29) is 17.8 Å². The van der Waals surface area contributed by atoms with Crippen molar-refractivity contribution in [2.45, 2.75) is 6.92 Å². The highest BCUT2D eigenvalue weighted by molar-refractivity contribution is 5.94. The van der Waals surface area contributed by atoms with Gasteiger partial charge in [-0.25, -0.2) is 4.79 Å². The predicted octanol–water partition coefficient (Wildman–Crippen LogP) is 1.27. The lowest BCUT2D eigenvalue weighted by Gasteiger charge is -2.31. The Morgan fingerprint density at radius 1 is 1.32 bits per heavy atom. The van der Waals surface area contributed by atoms with Gasteiger partial charge in [-0.1, -0.05) is 6.92 Å². The molecular weight excluding hydrogens is 244 g/mol. The molecule has 1 aromatic carbocycles. The van der Waals surface area contributed by atoms with Crippen LogP contribution >= 0.6 is 0 Å². The molecule has 1 aliphatic heterocycles. The SMILES string of the molecule is COC(=O)c1ccc(NC(=O)C(C)C2CNC2)cc1. The van der Waals surface area contributed by atoms with Crippen molar-refractivity contribution in [3.8, 4) is 0 Å². The first-order valence-electron chi connectivity index (χ1n) is 6.31. The normalized spacial score (nSPS) is 16.3. The average Bonchev–Trinajstić information content (AvgIpc) is 2.36. The number of ether oxygens (including phenoxy) is 1. The fraction of sp³-hybridized carbons (Fsp3) is 0.429. The molecule has 0 saturated carbocycles. The van der Waals surface area contributed by atoms with Gasteiger partial charge in [0.05, 0.1) is 12.7 Å². The number of amides is 1. The molecule has 102 valence electrons. The minimum atomic E-state index is -0.383. The summed E-state index contributed by atoms with van der Waals surface area (Å²) < 4.78 is 4.62. The summed E-state index contributed by atoms with van der Waals surface area (Å²) in [7, 11) is 1.34. The Morgan fingerprint density at radius 2 is 1.95 bits per heavy atom. The summed E-state index contributed by atoms with van der Waals surface area (Å²) in [6.45, 7) is 3.73. The zero-order chi connectivity index (χ0) is 13.8. The van der Waals surface area contributed by atoms with Gasteiger partial charge in [-0.2, -0.15) is 0 Å². The Kier molecular flexibility index (Phi) is 4.16. The third kappa shape index (κ3) is 3.12. The van der Waals surface area contributed by atoms with E-state index >= 15 is 0 Å². The van der Waals surface area contributed by atoms with E-state index in [9.17, 15) is 9.59 Å². The fourth-order valence-corrected chi connectivity index (χ4v) is 1.94. The first kappa shape index (κ1) is 13.5. The molecule has 19 heavy (non-hydrogen) atoms. The van der Waals surface area contributed by atoms with Crippen LogP contribution in [0.2, 0.25) is 0 Å². The minimum Gasteiger partial charge on any atom is -0.465 e. The van der Waals surface area contributed by atoms with Gasteiger partial charge in [-0.05, 0) is 43.3 Å². The number of carbonyl (C=O) groups excluding carboxylic acids is 2. The van der Waals surface area contributed by atoms with Crippen LogP contribution in [0.4, 0.5) is 5.69 Å². The van der Waals surface area contributed by atoms with Crippen LogP contribution in [0.1, 0.15) is 17.3 Å². The molecule has 5 nitrogen and oxygen atoms in total. The summed E-state index contributed by atoms with van der Waals surface area (Å²) in [5.74, 6) is 0.0278. The van der Waals surface area contributed by atoms with Crippen LogP contribution in [0.5, 0.6) is 0 Å². The zero-order valence-corrected chi connectivity index (χ0v) is 11.1. The van der Waals surface area contributed by atoms with E-state index in [2.05, 4.69) is 15.4 Å². The molecule has 1 aliphatic rings. The molecule has 1 unspecified atom stereocenters. The van der Waals surface area contributed by atoms with Crippen LogP contribution in [0, 0.1) is 11.8 Å². The van der Waals surface area contributed by atoms with E-state index < -0.39 is 0 Å². The smallest absolute Gasteiger partial charge is 0.337 e. The van der Waals surface area contributed by atoms with Crippen LogP contribution in [0.3, 0.4) is 0 Å². The molecule has 2 N–H and O–H groups in total. The van der Waals surface area contributed by atoms with Gasteiger partial charge < -0.3 is 15.4 Å². The largest absolute Gasteiger partial charge is 0.465 e. The zero-order valence-electron chi connectivity index (χ0n) is 11.1. The number of rotatable bonds is 4. The quantitative estimate of drug-likeness (QED) is 0.802. The molecule has 1 saturated heterocycles. The topological polar surface area (TPSA) is 67.4 Å². The predicted molar refractivity (Wildman–Crippen MR) is 71.9 cm³/mol. The Bertz CT molecular complexity index is 466. The van der Waals surface area contributed by atoms with Crippen LogP contribution in [-0.2, 0) is 9.53 Å². The summed E-state index contributed by atoms with van der Waals surface area (Å²) in [6.07, 6.45) is 0. The second kappa shape index (κ2) is 5.84. The van der Waals surface area contributed by atoms with Gasteiger partial charge >= 0.3 is 5.97 Å². The molecule has 0 spiro atoms. The Balaban J connectivity index is 1.95. The summed E-state index contributed by atoms with van der Waals surface area (Å²) >= 11 is 0. The van der Waals surface area contributed by atoms with Crippen molar-refractivity contribution in [1.29, 1.82) is 0 Å². The molecule has 5 heteroatoms. The lowest BCUT2D eigenvalue weighted by Crippen LogP contribution is -2.48. The van der Waals surface area contributed by atoms with Crippen LogP contribution in [0.25, 0.3) is 0 Å². The Morgan fingerprint density at radius 3 is 2.42 bits per heavy atom. The molecule has 0 bridgehead atoms. The average molecular weight is 262 g/mol. The highest BCUT2D eigenvalue weighted by Gasteiger charge is 2.28. The van der Waals surface area contributed by atoms with Crippen molar-refractivity contribution < 1.29 is 14.3 Å². The summed E-state index contributed by atoms with van der Waals surface area (Å²) in [6, 6.07) is 6.68. The van der Waals surface area contributed by atoms with Crippen LogP contribution in [0.15, 0.2) is 24.3 Å². The number of nitrogens with one attached hydrogen (secondary N) is 2. The van der Waals surface area contributed by atoms with E-state index in [0.717, 1.165) is 13.1 Å². The molecule has 1 fully saturated rings. The van der Waals surface area contributed by atoms with E-state index in [1.807, 2.05) is 6.92 Å². The number of hydrogen-bond acceptors (Lipinski definition) is 4. The molecular formula is C14H18N2O3. The fourth-order valence-electron chi connectivity index (χ4n) is 1.94. The maximum Gasteiger partial charge on any atom is 0.337 e. The lowest BCUT2D eigenvalue weighted by atomic mass is 9.88. The van der Waals surface area contributed by atoms with Crippen LogP contribution in [-0.4, -0.2) is 32.1 Å². The number of benzene rings is 1. The number of carbonyl (C=O) groups is 2. The first-order valence-corrected chi connectivity index (χ1v) is 6.31. The van der Waals surface area contributed by atoms with Crippen molar-refractivity contribution in [2.75, 3.05) is 25.5 Å². The van der Waals surface area contributed by atoms with Crippen molar-refractivity contribution >= 4 is 17.6 Å². The second-order valence-corrected chi connectivity index (χ2v) is 4.77. The van der Waals surface area contributed by atoms with Gasteiger partial charge in [0.1, 0.15) is 0 Å². The Labute approximate surface area is 112 Å². The van der Waals surface area contributed by atoms with Gasteiger partial charge in [-0.3, -0.25) is 4.79 Å². The standard InChI is InChI=1S/C14H18N2O3/c1-9(11-7-15-8-11)13(17)16-12-5-3-10(4-6-12)14(18)19-2/h3-6,9,11,15H,7-8H2,1-2H3,(H,16,17). The number of esters is 1. The third-order valence-corrected chi connectivity index (χ3v) is 3.51. The lowest BCUT2D eigenvalue weighted by molar-refractivity contribution is -0.121. The molecule has 1 amide bonds. The van der Waals surface area contributed by atoms with Crippen molar-refractivity contribution in [3.63, 3.8) is 0 Å². The number of anilines is 1. The molecule has 0 radical (unpaired) electrons.